The highest BCUT2D eigenvalue weighted by Crippen LogP contribution is 2.52. The molecule has 0 radical (unpaired) electrons. The Hall–Kier alpha value is -2.78. The molecule has 152 valence electrons. The van der Waals surface area contributed by atoms with Gasteiger partial charge in [-0.1, -0.05) is 73.2 Å². The van der Waals surface area contributed by atoms with Crippen LogP contribution in [-0.4, -0.2) is 16.8 Å². The Balaban J connectivity index is 1.83. The van der Waals surface area contributed by atoms with Gasteiger partial charge in [0.05, 0.1) is 0 Å². The maximum Gasteiger partial charge on any atom is 0.328 e. The normalized spacial score (nSPS) is 20.8. The Labute approximate surface area is 182 Å². The van der Waals surface area contributed by atoms with E-state index in [1.807, 2.05) is 23.9 Å². The van der Waals surface area contributed by atoms with Gasteiger partial charge in [-0.05, 0) is 53.8 Å². The number of rotatable bonds is 4. The minimum absolute atomic E-state index is 0.0426. The van der Waals surface area contributed by atoms with Crippen LogP contribution < -0.4 is 0 Å². The maximum atomic E-state index is 10.8. The fourth-order valence-corrected chi connectivity index (χ4v) is 5.77. The Morgan fingerprint density at radius 3 is 2.33 bits per heavy atom. The topological polar surface area (TPSA) is 37.3 Å². The van der Waals surface area contributed by atoms with Gasteiger partial charge < -0.3 is 5.11 Å². The van der Waals surface area contributed by atoms with E-state index in [-0.39, 0.29) is 11.3 Å². The third-order valence-corrected chi connectivity index (χ3v) is 7.45. The molecule has 0 saturated heterocycles. The van der Waals surface area contributed by atoms with Gasteiger partial charge in [0, 0.05) is 28.1 Å². The van der Waals surface area contributed by atoms with Crippen molar-refractivity contribution < 1.29 is 9.90 Å². The molecule has 2 nitrogen and oxygen atoms in total. The van der Waals surface area contributed by atoms with Crippen molar-refractivity contribution in [2.45, 2.75) is 37.0 Å². The SMILES string of the molecule is Cc1ccc([C@@]2(C)CSc3cc(C)ccc3[C@H]2c2ccc(/C=C/C(=O)O)cc2)cc1. The van der Waals surface area contributed by atoms with E-state index in [4.69, 9.17) is 5.11 Å². The van der Waals surface area contributed by atoms with Crippen molar-refractivity contribution in [2.24, 2.45) is 0 Å². The number of carbonyl (C=O) groups is 1. The lowest BCUT2D eigenvalue weighted by atomic mass is 9.66. The Morgan fingerprint density at radius 2 is 1.67 bits per heavy atom. The van der Waals surface area contributed by atoms with Crippen molar-refractivity contribution >= 4 is 23.8 Å². The molecule has 0 aliphatic carbocycles. The van der Waals surface area contributed by atoms with E-state index < -0.39 is 5.97 Å². The van der Waals surface area contributed by atoms with Gasteiger partial charge in [-0.2, -0.15) is 0 Å². The van der Waals surface area contributed by atoms with Crippen LogP contribution in [0.3, 0.4) is 0 Å². The summed E-state index contributed by atoms with van der Waals surface area (Å²) in [5.41, 5.74) is 7.39. The second-order valence-corrected chi connectivity index (χ2v) is 9.40. The largest absolute Gasteiger partial charge is 0.478 e. The number of carboxylic acid groups (broad SMARTS) is 1. The van der Waals surface area contributed by atoms with E-state index in [0.29, 0.717) is 0 Å². The molecule has 0 fully saturated rings. The highest BCUT2D eigenvalue weighted by molar-refractivity contribution is 7.99. The van der Waals surface area contributed by atoms with E-state index in [1.54, 1.807) is 6.08 Å². The van der Waals surface area contributed by atoms with E-state index in [1.165, 1.54) is 38.8 Å². The summed E-state index contributed by atoms with van der Waals surface area (Å²) in [7, 11) is 0. The molecular weight excluding hydrogens is 388 g/mol. The quantitative estimate of drug-likeness (QED) is 0.489. The van der Waals surface area contributed by atoms with Crippen molar-refractivity contribution in [1.82, 2.24) is 0 Å². The van der Waals surface area contributed by atoms with Gasteiger partial charge in [-0.25, -0.2) is 4.79 Å². The first-order valence-corrected chi connectivity index (χ1v) is 11.2. The molecule has 0 spiro atoms. The van der Waals surface area contributed by atoms with Crippen molar-refractivity contribution in [1.29, 1.82) is 0 Å². The molecule has 4 rings (SSSR count). The number of carboxylic acids is 1. The summed E-state index contributed by atoms with van der Waals surface area (Å²) in [6.07, 6.45) is 2.82. The predicted octanol–water partition coefficient (Wildman–Crippen LogP) is 6.60. The Bertz CT molecular complexity index is 1100. The standard InChI is InChI=1S/C27H26O2S/c1-18-4-12-22(13-5-18)27(3)17-30-24-16-19(2)6-14-23(24)26(27)21-10-7-20(8-11-21)9-15-25(28)29/h4-16,26H,17H2,1-3H3,(H,28,29)/b15-9+/t26-,27-/m1/s1. The minimum Gasteiger partial charge on any atom is -0.478 e. The lowest BCUT2D eigenvalue weighted by Gasteiger charge is -2.43. The zero-order valence-electron chi connectivity index (χ0n) is 17.6. The van der Waals surface area contributed by atoms with Gasteiger partial charge in [0.25, 0.3) is 0 Å². The third kappa shape index (κ3) is 3.95. The van der Waals surface area contributed by atoms with Crippen LogP contribution in [-0.2, 0) is 10.2 Å². The molecule has 0 amide bonds. The molecule has 3 heteroatoms. The number of benzene rings is 3. The van der Waals surface area contributed by atoms with Crippen molar-refractivity contribution in [3.8, 4) is 0 Å². The highest BCUT2D eigenvalue weighted by Gasteiger charge is 2.42. The molecule has 30 heavy (non-hydrogen) atoms. The molecular formula is C27H26O2S. The van der Waals surface area contributed by atoms with Crippen LogP contribution in [0.2, 0.25) is 0 Å². The third-order valence-electron chi connectivity index (χ3n) is 6.04. The summed E-state index contributed by atoms with van der Waals surface area (Å²) in [5.74, 6) is 0.312. The van der Waals surface area contributed by atoms with Crippen LogP contribution in [0.15, 0.2) is 77.7 Å². The molecule has 2 atom stereocenters. The molecule has 3 aromatic carbocycles. The van der Waals surface area contributed by atoms with Gasteiger partial charge in [-0.15, -0.1) is 11.8 Å². The summed E-state index contributed by atoms with van der Waals surface area (Å²) in [6.45, 7) is 6.64. The van der Waals surface area contributed by atoms with Crippen LogP contribution in [0.5, 0.6) is 0 Å². The van der Waals surface area contributed by atoms with Crippen molar-refractivity contribution in [3.63, 3.8) is 0 Å². The summed E-state index contributed by atoms with van der Waals surface area (Å²) in [6, 6.07) is 24.1. The molecule has 0 saturated carbocycles. The summed E-state index contributed by atoms with van der Waals surface area (Å²) >= 11 is 1.95. The van der Waals surface area contributed by atoms with Crippen LogP contribution in [0.4, 0.5) is 0 Å². The number of hydrogen-bond acceptors (Lipinski definition) is 2. The first-order chi connectivity index (χ1) is 14.4. The second kappa shape index (κ2) is 8.16. The van der Waals surface area contributed by atoms with Crippen LogP contribution in [0.1, 0.15) is 46.2 Å². The van der Waals surface area contributed by atoms with E-state index in [9.17, 15) is 4.79 Å². The average molecular weight is 415 g/mol. The number of hydrogen-bond donors (Lipinski definition) is 1. The smallest absolute Gasteiger partial charge is 0.328 e. The molecule has 1 aliphatic heterocycles. The number of thioether (sulfide) groups is 1. The summed E-state index contributed by atoms with van der Waals surface area (Å²) in [4.78, 5) is 12.2. The fourth-order valence-electron chi connectivity index (χ4n) is 4.36. The second-order valence-electron chi connectivity index (χ2n) is 8.38. The van der Waals surface area contributed by atoms with E-state index in [2.05, 4.69) is 75.4 Å². The zero-order valence-corrected chi connectivity index (χ0v) is 18.4. The van der Waals surface area contributed by atoms with Crippen LogP contribution in [0, 0.1) is 13.8 Å². The lowest BCUT2D eigenvalue weighted by Crippen LogP contribution is -2.36. The number of aliphatic carboxylic acids is 1. The van der Waals surface area contributed by atoms with Crippen LogP contribution in [0.25, 0.3) is 6.08 Å². The van der Waals surface area contributed by atoms with Crippen molar-refractivity contribution in [2.75, 3.05) is 5.75 Å². The molecule has 3 aromatic rings. The monoisotopic (exact) mass is 414 g/mol. The number of fused-ring (bicyclic) bond motifs is 1. The molecule has 1 aliphatic rings. The van der Waals surface area contributed by atoms with E-state index in [0.717, 1.165) is 11.3 Å². The first-order valence-electron chi connectivity index (χ1n) is 10.2. The first kappa shape index (κ1) is 20.5. The highest BCUT2D eigenvalue weighted by atomic mass is 32.2. The molecule has 0 aromatic heterocycles. The van der Waals surface area contributed by atoms with Crippen LogP contribution >= 0.6 is 11.8 Å². The molecule has 0 bridgehead atoms. The summed E-state index contributed by atoms with van der Waals surface area (Å²) in [5, 5.41) is 8.89. The van der Waals surface area contributed by atoms with Gasteiger partial charge in [-0.3, -0.25) is 0 Å². The van der Waals surface area contributed by atoms with Gasteiger partial charge in [0.2, 0.25) is 0 Å². The summed E-state index contributed by atoms with van der Waals surface area (Å²) < 4.78 is 0. The number of aryl methyl sites for hydroxylation is 2. The zero-order chi connectivity index (χ0) is 21.3. The maximum absolute atomic E-state index is 10.8. The average Bonchev–Trinajstić information content (AvgIpc) is 2.73. The van der Waals surface area contributed by atoms with E-state index >= 15 is 0 Å². The Morgan fingerprint density at radius 1 is 1.00 bits per heavy atom. The van der Waals surface area contributed by atoms with Gasteiger partial charge >= 0.3 is 5.97 Å². The molecule has 1 heterocycles. The lowest BCUT2D eigenvalue weighted by molar-refractivity contribution is -0.131. The van der Waals surface area contributed by atoms with Crippen molar-refractivity contribution in [3.05, 3.63) is 106 Å². The van der Waals surface area contributed by atoms with Gasteiger partial charge in [0.15, 0.2) is 0 Å². The fraction of sp³-hybridized carbons (Fsp3) is 0.222. The minimum atomic E-state index is -0.931. The molecule has 0 unspecified atom stereocenters. The predicted molar refractivity (Wildman–Crippen MR) is 125 cm³/mol. The Kier molecular flexibility index (Phi) is 5.57. The van der Waals surface area contributed by atoms with Gasteiger partial charge in [0.1, 0.15) is 0 Å². The molecule has 1 N–H and O–H groups in total.